The molecule has 1 rings (SSSR count). The summed E-state index contributed by atoms with van der Waals surface area (Å²) in [5, 5.41) is 0. The molecule has 0 saturated heterocycles. The second kappa shape index (κ2) is 7.41. The third kappa shape index (κ3) is 4.62. The molecule has 0 aromatic carbocycles. The van der Waals surface area contributed by atoms with Gasteiger partial charge in [0.15, 0.2) is 5.78 Å². The molecule has 0 aliphatic rings. The molecule has 5 nitrogen and oxygen atoms in total. The van der Waals surface area contributed by atoms with Gasteiger partial charge in [-0.2, -0.15) is 0 Å². The Morgan fingerprint density at radius 3 is 2.42 bits per heavy atom. The maximum atomic E-state index is 12.2. The largest absolute Gasteiger partial charge is 0.465 e. The van der Waals surface area contributed by atoms with Crippen LogP contribution in [-0.4, -0.2) is 29.1 Å². The molecule has 1 aromatic rings. The highest BCUT2D eigenvalue weighted by Gasteiger charge is 2.28. The number of carbonyl (C=O) groups excluding carboxylic acids is 3. The van der Waals surface area contributed by atoms with E-state index >= 15 is 0 Å². The van der Waals surface area contributed by atoms with Crippen molar-refractivity contribution in [2.75, 3.05) is 6.61 Å². The summed E-state index contributed by atoms with van der Waals surface area (Å²) in [6, 6.07) is 3.09. The van der Waals surface area contributed by atoms with Crippen molar-refractivity contribution < 1.29 is 19.1 Å². The summed E-state index contributed by atoms with van der Waals surface area (Å²) >= 11 is 0. The van der Waals surface area contributed by atoms with Crippen molar-refractivity contribution in [2.24, 2.45) is 5.92 Å². The van der Waals surface area contributed by atoms with E-state index in [2.05, 4.69) is 4.98 Å². The van der Waals surface area contributed by atoms with Gasteiger partial charge >= 0.3 is 5.97 Å². The first-order valence-corrected chi connectivity index (χ1v) is 6.16. The quantitative estimate of drug-likeness (QED) is 0.426. The lowest BCUT2D eigenvalue weighted by atomic mass is 9.93. The van der Waals surface area contributed by atoms with Crippen LogP contribution in [-0.2, 0) is 14.3 Å². The van der Waals surface area contributed by atoms with Crippen LogP contribution in [0.2, 0.25) is 0 Å². The summed E-state index contributed by atoms with van der Waals surface area (Å²) in [5.74, 6) is -1.89. The van der Waals surface area contributed by atoms with Gasteiger partial charge in [0.2, 0.25) is 0 Å². The number of ketones is 2. The van der Waals surface area contributed by atoms with Crippen LogP contribution in [0.25, 0.3) is 0 Å². The summed E-state index contributed by atoms with van der Waals surface area (Å²) in [5.41, 5.74) is 0.400. The normalized spacial score (nSPS) is 11.7. The van der Waals surface area contributed by atoms with E-state index in [1.54, 1.807) is 19.1 Å². The molecule has 1 atom stereocenters. The lowest BCUT2D eigenvalue weighted by Crippen LogP contribution is -2.27. The number of ether oxygens (including phenoxy) is 1. The Balaban J connectivity index is 2.86. The van der Waals surface area contributed by atoms with Crippen LogP contribution in [0.1, 0.15) is 37.0 Å². The van der Waals surface area contributed by atoms with Gasteiger partial charge in [-0.15, -0.1) is 0 Å². The van der Waals surface area contributed by atoms with Crippen molar-refractivity contribution >= 4 is 17.5 Å². The van der Waals surface area contributed by atoms with Crippen molar-refractivity contribution in [1.82, 2.24) is 4.98 Å². The van der Waals surface area contributed by atoms with E-state index in [0.717, 1.165) is 0 Å². The minimum atomic E-state index is -0.925. The molecule has 0 fully saturated rings. The minimum absolute atomic E-state index is 0.0585. The molecule has 19 heavy (non-hydrogen) atoms. The smallest absolute Gasteiger partial charge is 0.316 e. The Morgan fingerprint density at radius 2 is 1.89 bits per heavy atom. The fourth-order valence-electron chi connectivity index (χ4n) is 1.66. The maximum Gasteiger partial charge on any atom is 0.316 e. The summed E-state index contributed by atoms with van der Waals surface area (Å²) in [6.07, 6.45) is 3.33. The van der Waals surface area contributed by atoms with E-state index in [1.807, 2.05) is 0 Å². The third-order valence-corrected chi connectivity index (χ3v) is 2.64. The van der Waals surface area contributed by atoms with Crippen LogP contribution in [0.5, 0.6) is 0 Å². The highest BCUT2D eigenvalue weighted by atomic mass is 16.5. The molecule has 0 amide bonds. The van der Waals surface area contributed by atoms with Crippen LogP contribution in [0.3, 0.4) is 0 Å². The second-order valence-electron chi connectivity index (χ2n) is 4.15. The first-order valence-electron chi connectivity index (χ1n) is 6.16. The molecule has 1 heterocycles. The van der Waals surface area contributed by atoms with Gasteiger partial charge < -0.3 is 9.53 Å². The zero-order chi connectivity index (χ0) is 14.3. The predicted molar refractivity (Wildman–Crippen MR) is 68.6 cm³/mol. The van der Waals surface area contributed by atoms with Crippen molar-refractivity contribution in [3.8, 4) is 0 Å². The van der Waals surface area contributed by atoms with Gasteiger partial charge in [-0.3, -0.25) is 14.6 Å². The highest BCUT2D eigenvalue weighted by molar-refractivity contribution is 6.08. The molecule has 102 valence electrons. The number of carbonyl (C=O) groups is 3. The molecule has 1 unspecified atom stereocenters. The number of esters is 1. The van der Waals surface area contributed by atoms with Crippen molar-refractivity contribution in [3.63, 3.8) is 0 Å². The zero-order valence-electron chi connectivity index (χ0n) is 11.1. The maximum absolute atomic E-state index is 12.2. The number of hydrogen-bond acceptors (Lipinski definition) is 5. The number of Topliss-reactive ketones (excluding diaryl/α,β-unsaturated/α-hetero) is 2. The molecule has 0 N–H and O–H groups in total. The van der Waals surface area contributed by atoms with Crippen LogP contribution in [0.15, 0.2) is 24.5 Å². The number of hydrogen-bond donors (Lipinski definition) is 0. The first kappa shape index (κ1) is 15.0. The second-order valence-corrected chi connectivity index (χ2v) is 4.15. The molecular formula is C14H17NO4. The number of rotatable bonds is 7. The van der Waals surface area contributed by atoms with E-state index in [9.17, 15) is 14.4 Å². The van der Waals surface area contributed by atoms with Gasteiger partial charge in [-0.1, -0.05) is 0 Å². The predicted octanol–water partition coefficient (Wildman–Crippen LogP) is 1.81. The van der Waals surface area contributed by atoms with E-state index in [0.29, 0.717) is 5.56 Å². The highest BCUT2D eigenvalue weighted by Crippen LogP contribution is 2.16. The third-order valence-electron chi connectivity index (χ3n) is 2.64. The first-order chi connectivity index (χ1) is 9.06. The topological polar surface area (TPSA) is 73.3 Å². The zero-order valence-corrected chi connectivity index (χ0v) is 11.1. The van der Waals surface area contributed by atoms with Gasteiger partial charge in [0.25, 0.3) is 0 Å². The van der Waals surface area contributed by atoms with Crippen molar-refractivity contribution in [3.05, 3.63) is 30.1 Å². The lowest BCUT2D eigenvalue weighted by molar-refractivity contribution is -0.146. The Hall–Kier alpha value is -2.04. The molecule has 0 radical (unpaired) electrons. The van der Waals surface area contributed by atoms with Gasteiger partial charge in [0, 0.05) is 24.4 Å². The number of pyridine rings is 1. The molecular weight excluding hydrogens is 246 g/mol. The van der Waals surface area contributed by atoms with Gasteiger partial charge in [0.05, 0.1) is 6.61 Å². The molecule has 0 saturated carbocycles. The Morgan fingerprint density at radius 1 is 1.26 bits per heavy atom. The number of nitrogens with zero attached hydrogens (tertiary/aromatic N) is 1. The average molecular weight is 263 g/mol. The number of aromatic nitrogens is 1. The van der Waals surface area contributed by atoms with Crippen molar-refractivity contribution in [1.29, 1.82) is 0 Å². The van der Waals surface area contributed by atoms with E-state index in [-0.39, 0.29) is 31.0 Å². The molecule has 0 spiro atoms. The minimum Gasteiger partial charge on any atom is -0.465 e. The fraction of sp³-hybridized carbons (Fsp3) is 0.429. The van der Waals surface area contributed by atoms with E-state index < -0.39 is 11.9 Å². The Kier molecular flexibility index (Phi) is 5.85. The fourth-order valence-corrected chi connectivity index (χ4v) is 1.66. The van der Waals surface area contributed by atoms with Gasteiger partial charge in [-0.25, -0.2) is 0 Å². The molecule has 1 aromatic heterocycles. The molecule has 0 aliphatic carbocycles. The average Bonchev–Trinajstić information content (AvgIpc) is 2.39. The monoisotopic (exact) mass is 263 g/mol. The van der Waals surface area contributed by atoms with E-state index in [4.69, 9.17) is 4.74 Å². The Bertz CT molecular complexity index is 456. The summed E-state index contributed by atoms with van der Waals surface area (Å²) in [7, 11) is 0. The van der Waals surface area contributed by atoms with Crippen LogP contribution in [0, 0.1) is 5.92 Å². The molecule has 5 heteroatoms. The van der Waals surface area contributed by atoms with E-state index in [1.165, 1.54) is 19.3 Å². The molecule has 0 bridgehead atoms. The van der Waals surface area contributed by atoms with Crippen LogP contribution in [0.4, 0.5) is 0 Å². The van der Waals surface area contributed by atoms with Crippen LogP contribution < -0.4 is 0 Å². The summed E-state index contributed by atoms with van der Waals surface area (Å²) in [6.45, 7) is 3.31. The van der Waals surface area contributed by atoms with Gasteiger partial charge in [0.1, 0.15) is 11.7 Å². The van der Waals surface area contributed by atoms with Crippen molar-refractivity contribution in [2.45, 2.75) is 26.7 Å². The lowest BCUT2D eigenvalue weighted by Gasteiger charge is -2.13. The Labute approximate surface area is 112 Å². The molecule has 0 aliphatic heterocycles. The van der Waals surface area contributed by atoms with Gasteiger partial charge in [-0.05, 0) is 32.4 Å². The van der Waals surface area contributed by atoms with Crippen LogP contribution >= 0.6 is 0 Å². The standard InChI is InChI=1S/C14H17NO4/c1-3-19-14(18)12(5-4-10(2)16)13(17)11-6-8-15-9-7-11/h6-9,12H,3-5H2,1-2H3. The summed E-state index contributed by atoms with van der Waals surface area (Å²) < 4.78 is 4.89. The summed E-state index contributed by atoms with van der Waals surface area (Å²) in [4.78, 5) is 38.9. The SMILES string of the molecule is CCOC(=O)C(CCC(C)=O)C(=O)c1ccncc1.